The number of carbonyl (C=O) groups excluding carboxylic acids is 1. The summed E-state index contributed by atoms with van der Waals surface area (Å²) in [4.78, 5) is 18.5. The van der Waals surface area contributed by atoms with Crippen LogP contribution in [0.25, 0.3) is 0 Å². The first-order chi connectivity index (χ1) is 10.7. The van der Waals surface area contributed by atoms with E-state index >= 15 is 0 Å². The van der Waals surface area contributed by atoms with Crippen molar-refractivity contribution in [1.82, 2.24) is 9.88 Å². The average Bonchev–Trinajstić information content (AvgIpc) is 3.00. The molecule has 2 N–H and O–H groups in total. The SMILES string of the molecule is NC[C@@H]1CN(C(=O)c2ccc(Cl)cn2)C[C@H]1c1ccccc1. The molecule has 2 atom stereocenters. The van der Waals surface area contributed by atoms with Crippen LogP contribution in [0, 0.1) is 5.92 Å². The molecule has 1 aromatic carbocycles. The van der Waals surface area contributed by atoms with Crippen LogP contribution < -0.4 is 5.73 Å². The third-order valence-electron chi connectivity index (χ3n) is 4.21. The van der Waals surface area contributed by atoms with Crippen molar-refractivity contribution in [3.05, 3.63) is 64.9 Å². The predicted octanol–water partition coefficient (Wildman–Crippen LogP) is 2.55. The zero-order valence-corrected chi connectivity index (χ0v) is 12.9. The Morgan fingerprint density at radius 1 is 1.23 bits per heavy atom. The van der Waals surface area contributed by atoms with Gasteiger partial charge in [0.1, 0.15) is 5.69 Å². The van der Waals surface area contributed by atoms with Crippen molar-refractivity contribution >= 4 is 17.5 Å². The van der Waals surface area contributed by atoms with Crippen LogP contribution in [-0.2, 0) is 0 Å². The van der Waals surface area contributed by atoms with Crippen molar-refractivity contribution in [2.75, 3.05) is 19.6 Å². The highest BCUT2D eigenvalue weighted by Gasteiger charge is 2.35. The fourth-order valence-corrected chi connectivity index (χ4v) is 3.13. The van der Waals surface area contributed by atoms with E-state index < -0.39 is 0 Å². The summed E-state index contributed by atoms with van der Waals surface area (Å²) in [6.07, 6.45) is 1.50. The van der Waals surface area contributed by atoms with Gasteiger partial charge in [0.25, 0.3) is 5.91 Å². The van der Waals surface area contributed by atoms with E-state index in [1.54, 1.807) is 12.1 Å². The molecule has 0 saturated carbocycles. The molecule has 2 aromatic rings. The number of hydrogen-bond acceptors (Lipinski definition) is 3. The van der Waals surface area contributed by atoms with Gasteiger partial charge < -0.3 is 10.6 Å². The molecule has 0 radical (unpaired) electrons. The van der Waals surface area contributed by atoms with Crippen LogP contribution in [-0.4, -0.2) is 35.4 Å². The Labute approximate surface area is 134 Å². The number of aromatic nitrogens is 1. The fourth-order valence-electron chi connectivity index (χ4n) is 3.02. The lowest BCUT2D eigenvalue weighted by Crippen LogP contribution is -2.30. The molecule has 0 spiro atoms. The van der Waals surface area contributed by atoms with E-state index in [-0.39, 0.29) is 17.7 Å². The normalized spacial score (nSPS) is 21.1. The molecule has 0 bridgehead atoms. The van der Waals surface area contributed by atoms with Crippen LogP contribution in [0.4, 0.5) is 0 Å². The molecule has 5 heteroatoms. The minimum atomic E-state index is -0.0615. The van der Waals surface area contributed by atoms with Crippen LogP contribution in [0.1, 0.15) is 22.0 Å². The quantitative estimate of drug-likeness (QED) is 0.947. The van der Waals surface area contributed by atoms with E-state index in [1.807, 2.05) is 23.1 Å². The summed E-state index contributed by atoms with van der Waals surface area (Å²) in [5.74, 6) is 0.495. The maximum Gasteiger partial charge on any atom is 0.272 e. The second-order valence-corrected chi connectivity index (χ2v) is 6.02. The summed E-state index contributed by atoms with van der Waals surface area (Å²) in [7, 11) is 0. The third kappa shape index (κ3) is 2.98. The Morgan fingerprint density at radius 3 is 2.64 bits per heavy atom. The van der Waals surface area contributed by atoms with E-state index in [4.69, 9.17) is 17.3 Å². The largest absolute Gasteiger partial charge is 0.336 e. The highest BCUT2D eigenvalue weighted by Crippen LogP contribution is 2.32. The first-order valence-electron chi connectivity index (χ1n) is 7.35. The molecule has 1 aliphatic rings. The van der Waals surface area contributed by atoms with Crippen LogP contribution >= 0.6 is 11.6 Å². The summed E-state index contributed by atoms with van der Waals surface area (Å²) in [5.41, 5.74) is 7.57. The summed E-state index contributed by atoms with van der Waals surface area (Å²) in [6, 6.07) is 13.6. The summed E-state index contributed by atoms with van der Waals surface area (Å²) < 4.78 is 0. The third-order valence-corrected chi connectivity index (χ3v) is 4.43. The number of benzene rings is 1. The van der Waals surface area contributed by atoms with Gasteiger partial charge in [-0.3, -0.25) is 4.79 Å². The van der Waals surface area contributed by atoms with Crippen LogP contribution in [0.15, 0.2) is 48.7 Å². The number of nitrogens with zero attached hydrogens (tertiary/aromatic N) is 2. The minimum absolute atomic E-state index is 0.0615. The number of nitrogens with two attached hydrogens (primary N) is 1. The topological polar surface area (TPSA) is 59.2 Å². The van der Waals surface area contributed by atoms with Crippen LogP contribution in [0.3, 0.4) is 0 Å². The number of pyridine rings is 1. The lowest BCUT2D eigenvalue weighted by atomic mass is 9.89. The van der Waals surface area contributed by atoms with Crippen molar-refractivity contribution < 1.29 is 4.79 Å². The Morgan fingerprint density at radius 2 is 2.00 bits per heavy atom. The van der Waals surface area contributed by atoms with Gasteiger partial charge in [0.15, 0.2) is 0 Å². The van der Waals surface area contributed by atoms with Crippen molar-refractivity contribution in [2.24, 2.45) is 11.7 Å². The molecule has 1 fully saturated rings. The Kier molecular flexibility index (Phi) is 4.41. The van der Waals surface area contributed by atoms with E-state index in [0.29, 0.717) is 30.4 Å². The molecule has 1 aromatic heterocycles. The van der Waals surface area contributed by atoms with Crippen molar-refractivity contribution in [1.29, 1.82) is 0 Å². The second kappa shape index (κ2) is 6.46. The first kappa shape index (κ1) is 15.0. The lowest BCUT2D eigenvalue weighted by molar-refractivity contribution is 0.0780. The molecule has 1 aliphatic heterocycles. The maximum absolute atomic E-state index is 12.6. The predicted molar refractivity (Wildman–Crippen MR) is 86.9 cm³/mol. The molecule has 2 heterocycles. The van der Waals surface area contributed by atoms with Gasteiger partial charge in [-0.15, -0.1) is 0 Å². The smallest absolute Gasteiger partial charge is 0.272 e. The summed E-state index contributed by atoms with van der Waals surface area (Å²) >= 11 is 5.82. The van der Waals surface area contributed by atoms with E-state index in [1.165, 1.54) is 11.8 Å². The Bertz CT molecular complexity index is 645. The second-order valence-electron chi connectivity index (χ2n) is 5.58. The highest BCUT2D eigenvalue weighted by molar-refractivity contribution is 6.30. The lowest BCUT2D eigenvalue weighted by Gasteiger charge is -2.16. The van der Waals surface area contributed by atoms with Gasteiger partial charge in [-0.05, 0) is 30.2 Å². The van der Waals surface area contributed by atoms with Gasteiger partial charge in [-0.1, -0.05) is 41.9 Å². The highest BCUT2D eigenvalue weighted by atomic mass is 35.5. The van der Waals surface area contributed by atoms with Crippen molar-refractivity contribution in [3.63, 3.8) is 0 Å². The molecular formula is C17H18ClN3O. The van der Waals surface area contributed by atoms with Crippen LogP contribution in [0.2, 0.25) is 5.02 Å². The number of hydrogen-bond donors (Lipinski definition) is 1. The number of rotatable bonds is 3. The number of halogens is 1. The van der Waals surface area contributed by atoms with E-state index in [0.717, 1.165) is 0 Å². The number of carbonyl (C=O) groups is 1. The van der Waals surface area contributed by atoms with Gasteiger partial charge >= 0.3 is 0 Å². The summed E-state index contributed by atoms with van der Waals surface area (Å²) in [6.45, 7) is 1.91. The monoisotopic (exact) mass is 315 g/mol. The van der Waals surface area contributed by atoms with Gasteiger partial charge in [0.05, 0.1) is 5.02 Å². The fraction of sp³-hybridized carbons (Fsp3) is 0.294. The number of likely N-dealkylation sites (tertiary alicyclic amines) is 1. The number of amides is 1. The first-order valence-corrected chi connectivity index (χ1v) is 7.72. The molecular weight excluding hydrogens is 298 g/mol. The molecule has 1 amide bonds. The molecule has 22 heavy (non-hydrogen) atoms. The maximum atomic E-state index is 12.6. The van der Waals surface area contributed by atoms with Crippen molar-refractivity contribution in [3.8, 4) is 0 Å². The standard InChI is InChI=1S/C17H18ClN3O/c18-14-6-7-16(20-9-14)17(22)21-10-13(8-19)15(11-21)12-4-2-1-3-5-12/h1-7,9,13,15H,8,10-11,19H2/t13-,15+/m1/s1. The zero-order chi connectivity index (χ0) is 15.5. The molecule has 3 rings (SSSR count). The van der Waals surface area contributed by atoms with Gasteiger partial charge in [-0.2, -0.15) is 0 Å². The molecule has 1 saturated heterocycles. The summed E-state index contributed by atoms with van der Waals surface area (Å²) in [5, 5.41) is 0.528. The Balaban J connectivity index is 1.79. The molecule has 114 valence electrons. The molecule has 0 unspecified atom stereocenters. The van der Waals surface area contributed by atoms with Crippen LogP contribution in [0.5, 0.6) is 0 Å². The zero-order valence-electron chi connectivity index (χ0n) is 12.2. The van der Waals surface area contributed by atoms with Gasteiger partial charge in [-0.25, -0.2) is 4.98 Å². The van der Waals surface area contributed by atoms with Gasteiger partial charge in [0.2, 0.25) is 0 Å². The Hall–Kier alpha value is -1.91. The minimum Gasteiger partial charge on any atom is -0.336 e. The van der Waals surface area contributed by atoms with Crippen molar-refractivity contribution in [2.45, 2.75) is 5.92 Å². The average molecular weight is 316 g/mol. The van der Waals surface area contributed by atoms with E-state index in [9.17, 15) is 4.79 Å². The van der Waals surface area contributed by atoms with E-state index in [2.05, 4.69) is 17.1 Å². The molecule has 4 nitrogen and oxygen atoms in total. The van der Waals surface area contributed by atoms with Gasteiger partial charge in [0, 0.05) is 25.2 Å². The molecule has 0 aliphatic carbocycles.